The zero-order chi connectivity index (χ0) is 13.9. The van der Waals surface area contributed by atoms with Gasteiger partial charge in [0.05, 0.1) is 0 Å². The Morgan fingerprint density at radius 2 is 1.74 bits per heavy atom. The van der Waals surface area contributed by atoms with Crippen LogP contribution in [-0.4, -0.2) is 13.1 Å². The molecular weight excluding hydrogens is 239 g/mol. The van der Waals surface area contributed by atoms with Crippen molar-refractivity contribution in [1.82, 2.24) is 5.32 Å². The Morgan fingerprint density at radius 1 is 1.05 bits per heavy atom. The molecule has 0 heterocycles. The number of nitrogens with two attached hydrogens (primary N) is 1. The van der Waals surface area contributed by atoms with E-state index in [0.717, 1.165) is 25.1 Å². The first kappa shape index (κ1) is 16.1. The number of hydrogen-bond donors (Lipinski definition) is 2. The predicted molar refractivity (Wildman–Crippen MR) is 79.6 cm³/mol. The van der Waals surface area contributed by atoms with Gasteiger partial charge in [0.2, 0.25) is 0 Å². The second-order valence-corrected chi connectivity index (χ2v) is 5.11. The van der Waals surface area contributed by atoms with Crippen LogP contribution in [0, 0.1) is 5.82 Å². The SMILES string of the molecule is CCCCCCCNCCC(N)c1ccc(F)cc1. The molecule has 2 nitrogen and oxygen atoms in total. The van der Waals surface area contributed by atoms with E-state index < -0.39 is 0 Å². The standard InChI is InChI=1S/C16H27FN2/c1-2-3-4-5-6-12-19-13-11-16(18)14-7-9-15(17)10-8-14/h7-10,16,19H,2-6,11-13,18H2,1H3. The van der Waals surface area contributed by atoms with Gasteiger partial charge in [-0.25, -0.2) is 4.39 Å². The lowest BCUT2D eigenvalue weighted by atomic mass is 10.0. The predicted octanol–water partition coefficient (Wildman–Crippen LogP) is 3.78. The quantitative estimate of drug-likeness (QED) is 0.633. The summed E-state index contributed by atoms with van der Waals surface area (Å²) in [5, 5.41) is 3.42. The van der Waals surface area contributed by atoms with E-state index in [-0.39, 0.29) is 11.9 Å². The Kier molecular flexibility index (Phi) is 8.43. The van der Waals surface area contributed by atoms with Gasteiger partial charge in [0, 0.05) is 6.04 Å². The molecule has 0 aliphatic heterocycles. The van der Waals surface area contributed by atoms with Gasteiger partial charge >= 0.3 is 0 Å². The summed E-state index contributed by atoms with van der Waals surface area (Å²) in [7, 11) is 0. The summed E-state index contributed by atoms with van der Waals surface area (Å²) in [4.78, 5) is 0. The van der Waals surface area contributed by atoms with Crippen molar-refractivity contribution in [3.63, 3.8) is 0 Å². The molecule has 0 aliphatic carbocycles. The molecule has 0 aliphatic rings. The average Bonchev–Trinajstić information content (AvgIpc) is 2.42. The fourth-order valence-electron chi connectivity index (χ4n) is 2.11. The molecule has 1 rings (SSSR count). The Balaban J connectivity index is 2.04. The van der Waals surface area contributed by atoms with Crippen molar-refractivity contribution < 1.29 is 4.39 Å². The maximum Gasteiger partial charge on any atom is 0.123 e. The third-order valence-electron chi connectivity index (χ3n) is 3.39. The molecule has 3 heteroatoms. The van der Waals surface area contributed by atoms with Gasteiger partial charge in [-0.05, 0) is 43.6 Å². The van der Waals surface area contributed by atoms with Crippen LogP contribution in [-0.2, 0) is 0 Å². The van der Waals surface area contributed by atoms with Crippen LogP contribution in [0.3, 0.4) is 0 Å². The highest BCUT2D eigenvalue weighted by atomic mass is 19.1. The second-order valence-electron chi connectivity index (χ2n) is 5.11. The van der Waals surface area contributed by atoms with Crippen LogP contribution in [0.15, 0.2) is 24.3 Å². The first-order valence-corrected chi connectivity index (χ1v) is 7.45. The van der Waals surface area contributed by atoms with Crippen molar-refractivity contribution in [1.29, 1.82) is 0 Å². The lowest BCUT2D eigenvalue weighted by Gasteiger charge is -2.12. The summed E-state index contributed by atoms with van der Waals surface area (Å²) in [5.74, 6) is -0.207. The smallest absolute Gasteiger partial charge is 0.123 e. The molecule has 19 heavy (non-hydrogen) atoms. The highest BCUT2D eigenvalue weighted by Crippen LogP contribution is 2.13. The van der Waals surface area contributed by atoms with Gasteiger partial charge in [-0.3, -0.25) is 0 Å². The van der Waals surface area contributed by atoms with Gasteiger partial charge in [-0.2, -0.15) is 0 Å². The lowest BCUT2D eigenvalue weighted by Crippen LogP contribution is -2.22. The molecule has 1 aromatic carbocycles. The van der Waals surface area contributed by atoms with Crippen LogP contribution in [0.4, 0.5) is 4.39 Å². The van der Waals surface area contributed by atoms with Crippen molar-refractivity contribution in [3.05, 3.63) is 35.6 Å². The van der Waals surface area contributed by atoms with Crippen LogP contribution in [0.2, 0.25) is 0 Å². The van der Waals surface area contributed by atoms with Crippen LogP contribution in [0.25, 0.3) is 0 Å². The minimum atomic E-state index is -0.207. The topological polar surface area (TPSA) is 38.0 Å². The lowest BCUT2D eigenvalue weighted by molar-refractivity contribution is 0.546. The molecule has 1 aromatic rings. The van der Waals surface area contributed by atoms with E-state index in [1.807, 2.05) is 0 Å². The van der Waals surface area contributed by atoms with Gasteiger partial charge in [0.25, 0.3) is 0 Å². The molecule has 1 atom stereocenters. The zero-order valence-corrected chi connectivity index (χ0v) is 12.0. The van der Waals surface area contributed by atoms with E-state index in [9.17, 15) is 4.39 Å². The number of halogens is 1. The normalized spacial score (nSPS) is 12.6. The zero-order valence-electron chi connectivity index (χ0n) is 12.0. The van der Waals surface area contributed by atoms with Crippen molar-refractivity contribution in [2.75, 3.05) is 13.1 Å². The van der Waals surface area contributed by atoms with E-state index in [1.165, 1.54) is 44.2 Å². The van der Waals surface area contributed by atoms with Gasteiger partial charge in [-0.1, -0.05) is 44.7 Å². The van der Waals surface area contributed by atoms with E-state index in [1.54, 1.807) is 12.1 Å². The average molecular weight is 266 g/mol. The van der Waals surface area contributed by atoms with Crippen LogP contribution in [0.1, 0.15) is 57.1 Å². The van der Waals surface area contributed by atoms with Crippen LogP contribution in [0.5, 0.6) is 0 Å². The highest BCUT2D eigenvalue weighted by Gasteiger charge is 2.05. The van der Waals surface area contributed by atoms with Crippen LogP contribution >= 0.6 is 0 Å². The number of hydrogen-bond acceptors (Lipinski definition) is 2. The van der Waals surface area contributed by atoms with E-state index >= 15 is 0 Å². The molecule has 0 aromatic heterocycles. The first-order chi connectivity index (χ1) is 9.24. The molecular formula is C16H27FN2. The largest absolute Gasteiger partial charge is 0.324 e. The summed E-state index contributed by atoms with van der Waals surface area (Å²) in [6.07, 6.45) is 7.42. The molecule has 0 spiro atoms. The van der Waals surface area contributed by atoms with Crippen molar-refractivity contribution >= 4 is 0 Å². The monoisotopic (exact) mass is 266 g/mol. The summed E-state index contributed by atoms with van der Waals surface area (Å²) in [6.45, 7) is 4.22. The summed E-state index contributed by atoms with van der Waals surface area (Å²) >= 11 is 0. The third-order valence-corrected chi connectivity index (χ3v) is 3.39. The molecule has 3 N–H and O–H groups in total. The Morgan fingerprint density at radius 3 is 2.42 bits per heavy atom. The van der Waals surface area contributed by atoms with Crippen LogP contribution < -0.4 is 11.1 Å². The van der Waals surface area contributed by atoms with Crippen molar-refractivity contribution in [2.24, 2.45) is 5.73 Å². The highest BCUT2D eigenvalue weighted by molar-refractivity contribution is 5.19. The fourth-order valence-corrected chi connectivity index (χ4v) is 2.11. The molecule has 0 radical (unpaired) electrons. The Labute approximate surface area is 116 Å². The molecule has 1 unspecified atom stereocenters. The van der Waals surface area contributed by atoms with Crippen molar-refractivity contribution in [3.8, 4) is 0 Å². The molecule has 108 valence electrons. The molecule has 0 saturated carbocycles. The number of benzene rings is 1. The Bertz CT molecular complexity index is 324. The van der Waals surface area contributed by atoms with Gasteiger partial charge in [0.1, 0.15) is 5.82 Å². The van der Waals surface area contributed by atoms with Gasteiger partial charge < -0.3 is 11.1 Å². The minimum absolute atomic E-state index is 0.00630. The van der Waals surface area contributed by atoms with E-state index in [0.29, 0.717) is 0 Å². The third kappa shape index (κ3) is 7.28. The van der Waals surface area contributed by atoms with Crippen molar-refractivity contribution in [2.45, 2.75) is 51.5 Å². The maximum atomic E-state index is 12.8. The minimum Gasteiger partial charge on any atom is -0.324 e. The molecule has 0 bridgehead atoms. The second kappa shape index (κ2) is 9.93. The van der Waals surface area contributed by atoms with E-state index in [2.05, 4.69) is 12.2 Å². The molecule has 0 fully saturated rings. The summed E-state index contributed by atoms with van der Waals surface area (Å²) in [6, 6.07) is 6.47. The summed E-state index contributed by atoms with van der Waals surface area (Å²) < 4.78 is 12.8. The van der Waals surface area contributed by atoms with Gasteiger partial charge in [0.15, 0.2) is 0 Å². The Hall–Kier alpha value is -0.930. The molecule has 0 saturated heterocycles. The van der Waals surface area contributed by atoms with Gasteiger partial charge in [-0.15, -0.1) is 0 Å². The number of unbranched alkanes of at least 4 members (excludes halogenated alkanes) is 4. The maximum absolute atomic E-state index is 12.8. The number of rotatable bonds is 10. The molecule has 0 amide bonds. The fraction of sp³-hybridized carbons (Fsp3) is 0.625. The summed E-state index contributed by atoms with van der Waals surface area (Å²) in [5.41, 5.74) is 7.07. The first-order valence-electron chi connectivity index (χ1n) is 7.45. The number of nitrogens with one attached hydrogen (secondary N) is 1. The van der Waals surface area contributed by atoms with E-state index in [4.69, 9.17) is 5.73 Å².